The molecule has 0 saturated heterocycles. The molecule has 0 amide bonds. The summed E-state index contributed by atoms with van der Waals surface area (Å²) < 4.78 is 54.9. The van der Waals surface area contributed by atoms with Gasteiger partial charge in [0, 0.05) is 23.9 Å². The molecule has 0 aliphatic heterocycles. The zero-order chi connectivity index (χ0) is 25.9. The molecule has 1 aromatic carbocycles. The highest BCUT2D eigenvalue weighted by Gasteiger charge is 2.29. The minimum absolute atomic E-state index is 0.0453. The number of hydrogen-bond acceptors (Lipinski definition) is 9. The monoisotopic (exact) mass is 513 g/mol. The number of aryl methyl sites for hydroxylation is 1. The van der Waals surface area contributed by atoms with E-state index < -0.39 is 21.1 Å². The van der Waals surface area contributed by atoms with E-state index in [2.05, 4.69) is 29.9 Å². The van der Waals surface area contributed by atoms with Gasteiger partial charge >= 0.3 is 0 Å². The van der Waals surface area contributed by atoms with Crippen LogP contribution in [-0.4, -0.2) is 57.6 Å². The lowest BCUT2D eigenvalue weighted by atomic mass is 10.2. The minimum Gasteiger partial charge on any atom is -0.494 e. The molecule has 1 N–H and O–H groups in total. The summed E-state index contributed by atoms with van der Waals surface area (Å²) in [7, 11) is -1.03. The number of aromatic nitrogens is 6. The SMILES string of the molecule is COc1cccc(OC)c1-n1c(NS(=O)(=O)[C@H](C)Cc2ncc(F)cn2)nnc1-c1cccnc1C. The molecule has 0 saturated carbocycles. The summed E-state index contributed by atoms with van der Waals surface area (Å²) in [4.78, 5) is 12.0. The number of methoxy groups -OCH3 is 2. The van der Waals surface area contributed by atoms with Crippen molar-refractivity contribution in [1.29, 1.82) is 0 Å². The number of anilines is 1. The van der Waals surface area contributed by atoms with Crippen molar-refractivity contribution in [2.24, 2.45) is 0 Å². The molecule has 0 spiro atoms. The summed E-state index contributed by atoms with van der Waals surface area (Å²) in [5.74, 6) is 0.645. The zero-order valence-corrected chi connectivity index (χ0v) is 20.8. The Balaban J connectivity index is 1.82. The van der Waals surface area contributed by atoms with Crippen LogP contribution < -0.4 is 14.2 Å². The van der Waals surface area contributed by atoms with Crippen molar-refractivity contribution in [2.45, 2.75) is 25.5 Å². The van der Waals surface area contributed by atoms with Crippen molar-refractivity contribution < 1.29 is 22.3 Å². The van der Waals surface area contributed by atoms with Crippen LogP contribution in [0.2, 0.25) is 0 Å². The van der Waals surface area contributed by atoms with Crippen LogP contribution in [0.1, 0.15) is 18.4 Å². The fourth-order valence-electron chi connectivity index (χ4n) is 3.55. The van der Waals surface area contributed by atoms with Gasteiger partial charge in [-0.25, -0.2) is 22.8 Å². The van der Waals surface area contributed by atoms with Gasteiger partial charge in [0.1, 0.15) is 23.0 Å². The smallest absolute Gasteiger partial charge is 0.243 e. The Bertz CT molecular complexity index is 1450. The van der Waals surface area contributed by atoms with E-state index in [1.54, 1.807) is 36.5 Å². The maximum absolute atomic E-state index is 13.3. The van der Waals surface area contributed by atoms with Crippen molar-refractivity contribution in [2.75, 3.05) is 18.9 Å². The van der Waals surface area contributed by atoms with Crippen molar-refractivity contribution in [3.63, 3.8) is 0 Å². The molecule has 1 atom stereocenters. The van der Waals surface area contributed by atoms with Crippen LogP contribution in [0.15, 0.2) is 48.9 Å². The topological polar surface area (TPSA) is 134 Å². The van der Waals surface area contributed by atoms with Crippen molar-refractivity contribution in [3.8, 4) is 28.6 Å². The van der Waals surface area contributed by atoms with E-state index >= 15 is 0 Å². The number of ether oxygens (including phenoxy) is 2. The van der Waals surface area contributed by atoms with Crippen molar-refractivity contribution in [3.05, 3.63) is 66.3 Å². The first kappa shape index (κ1) is 25.0. The normalized spacial score (nSPS) is 12.2. The van der Waals surface area contributed by atoms with Gasteiger partial charge in [-0.3, -0.25) is 14.3 Å². The molecule has 0 radical (unpaired) electrons. The summed E-state index contributed by atoms with van der Waals surface area (Å²) in [6, 6.07) is 8.72. The highest BCUT2D eigenvalue weighted by atomic mass is 32.2. The lowest BCUT2D eigenvalue weighted by molar-refractivity contribution is 0.391. The number of para-hydroxylation sites is 1. The molecule has 13 heteroatoms. The van der Waals surface area contributed by atoms with Crippen molar-refractivity contribution >= 4 is 16.0 Å². The largest absolute Gasteiger partial charge is 0.494 e. The average Bonchev–Trinajstić information content (AvgIpc) is 3.26. The van der Waals surface area contributed by atoms with Gasteiger partial charge in [-0.1, -0.05) is 6.07 Å². The van der Waals surface area contributed by atoms with Crippen molar-refractivity contribution in [1.82, 2.24) is 29.7 Å². The van der Waals surface area contributed by atoms with Gasteiger partial charge in [0.15, 0.2) is 11.6 Å². The Morgan fingerprint density at radius 1 is 1.03 bits per heavy atom. The predicted octanol–water partition coefficient (Wildman–Crippen LogP) is 2.96. The molecule has 4 rings (SSSR count). The van der Waals surface area contributed by atoms with E-state index in [1.165, 1.54) is 25.7 Å². The third-order valence-electron chi connectivity index (χ3n) is 5.44. The number of sulfonamides is 1. The number of halogens is 1. The maximum atomic E-state index is 13.3. The molecule has 36 heavy (non-hydrogen) atoms. The van der Waals surface area contributed by atoms with Gasteiger partial charge < -0.3 is 9.47 Å². The lowest BCUT2D eigenvalue weighted by Gasteiger charge is -2.19. The fourth-order valence-corrected chi connectivity index (χ4v) is 4.50. The molecule has 3 heterocycles. The van der Waals surface area contributed by atoms with Crippen LogP contribution in [-0.2, 0) is 16.4 Å². The molecule has 0 fully saturated rings. The van der Waals surface area contributed by atoms with Gasteiger partial charge in [0.25, 0.3) is 0 Å². The van der Waals surface area contributed by atoms with E-state index in [-0.39, 0.29) is 18.2 Å². The number of hydrogen-bond donors (Lipinski definition) is 1. The molecule has 0 aliphatic rings. The Kier molecular flexibility index (Phi) is 7.10. The first-order valence-electron chi connectivity index (χ1n) is 10.8. The molecular formula is C23H24FN7O4S. The van der Waals surface area contributed by atoms with Crippen LogP contribution in [0.5, 0.6) is 11.5 Å². The summed E-state index contributed by atoms with van der Waals surface area (Å²) >= 11 is 0. The average molecular weight is 514 g/mol. The first-order valence-corrected chi connectivity index (χ1v) is 12.4. The van der Waals surface area contributed by atoms with Gasteiger partial charge in [0.2, 0.25) is 16.0 Å². The van der Waals surface area contributed by atoms with Crippen LogP contribution in [0.25, 0.3) is 17.1 Å². The van der Waals surface area contributed by atoms with Gasteiger partial charge in [-0.05, 0) is 38.1 Å². The highest BCUT2D eigenvalue weighted by molar-refractivity contribution is 7.93. The summed E-state index contributed by atoms with van der Waals surface area (Å²) in [5, 5.41) is 7.45. The van der Waals surface area contributed by atoms with Crippen LogP contribution in [0, 0.1) is 12.7 Å². The Morgan fingerprint density at radius 2 is 1.69 bits per heavy atom. The number of benzene rings is 1. The third-order valence-corrected chi connectivity index (χ3v) is 7.14. The molecule has 0 bridgehead atoms. The van der Waals surface area contributed by atoms with Gasteiger partial charge in [-0.15, -0.1) is 10.2 Å². The molecule has 11 nitrogen and oxygen atoms in total. The zero-order valence-electron chi connectivity index (χ0n) is 20.0. The van der Waals surface area contributed by atoms with E-state index in [4.69, 9.17) is 9.47 Å². The second kappa shape index (κ2) is 10.2. The van der Waals surface area contributed by atoms with E-state index in [1.807, 2.05) is 6.92 Å². The summed E-state index contributed by atoms with van der Waals surface area (Å²) in [5.41, 5.74) is 1.70. The minimum atomic E-state index is -4.01. The van der Waals surface area contributed by atoms with Gasteiger partial charge in [0.05, 0.1) is 31.9 Å². The quantitative estimate of drug-likeness (QED) is 0.358. The maximum Gasteiger partial charge on any atom is 0.243 e. The van der Waals surface area contributed by atoms with Crippen LogP contribution in [0.4, 0.5) is 10.3 Å². The highest BCUT2D eigenvalue weighted by Crippen LogP contribution is 2.38. The predicted molar refractivity (Wildman–Crippen MR) is 130 cm³/mol. The molecule has 0 aliphatic carbocycles. The Hall–Kier alpha value is -4.13. The number of nitrogens with zero attached hydrogens (tertiary/aromatic N) is 6. The molecule has 188 valence electrons. The Labute approximate surface area is 207 Å². The number of rotatable bonds is 9. The second-order valence-corrected chi connectivity index (χ2v) is 9.91. The molecular weight excluding hydrogens is 489 g/mol. The standard InChI is InChI=1S/C23H24FN7O4S/c1-14(11-20-26-12-16(24)13-27-20)36(32,33)30-23-29-28-22(17-7-6-10-25-15(17)2)31(23)21-18(34-3)8-5-9-19(21)35-4/h5-10,12-14H,11H2,1-4H3,(H,29,30)/t14-/m1/s1. The fraction of sp³-hybridized carbons (Fsp3) is 0.261. The molecule has 3 aromatic heterocycles. The second-order valence-electron chi connectivity index (χ2n) is 7.81. The molecule has 0 unspecified atom stereocenters. The van der Waals surface area contributed by atoms with E-state index in [9.17, 15) is 12.8 Å². The lowest BCUT2D eigenvalue weighted by Crippen LogP contribution is -2.29. The summed E-state index contributed by atoms with van der Waals surface area (Å²) in [6.07, 6.45) is 3.58. The Morgan fingerprint density at radius 3 is 2.31 bits per heavy atom. The summed E-state index contributed by atoms with van der Waals surface area (Å²) in [6.45, 7) is 3.30. The number of nitrogens with one attached hydrogen (secondary N) is 1. The van der Waals surface area contributed by atoms with Gasteiger partial charge in [-0.2, -0.15) is 0 Å². The molecule has 4 aromatic rings. The van der Waals surface area contributed by atoms with E-state index in [0.29, 0.717) is 34.3 Å². The van der Waals surface area contributed by atoms with Crippen LogP contribution in [0.3, 0.4) is 0 Å². The van der Waals surface area contributed by atoms with Crippen LogP contribution >= 0.6 is 0 Å². The third kappa shape index (κ3) is 4.96. The number of pyridine rings is 1. The first-order chi connectivity index (χ1) is 17.2. The van der Waals surface area contributed by atoms with E-state index in [0.717, 1.165) is 12.4 Å².